The molecule has 1 N–H and O–H groups in total. The summed E-state index contributed by atoms with van der Waals surface area (Å²) in [6.07, 6.45) is 2.37. The van der Waals surface area contributed by atoms with Crippen LogP contribution in [0, 0.1) is 0 Å². The minimum atomic E-state index is -0.839. The van der Waals surface area contributed by atoms with Crippen LogP contribution in [-0.2, 0) is 19.2 Å². The van der Waals surface area contributed by atoms with Crippen molar-refractivity contribution in [2.24, 2.45) is 0 Å². The Morgan fingerprint density at radius 3 is 2.19 bits per heavy atom. The maximum atomic E-state index is 11.8. The Morgan fingerprint density at radius 1 is 1.10 bits per heavy atom. The first kappa shape index (κ1) is 14.4. The predicted molar refractivity (Wildman–Crippen MR) is 71.8 cm³/mol. The fourth-order valence-corrected chi connectivity index (χ4v) is 1.55. The van der Waals surface area contributed by atoms with E-state index < -0.39 is 17.8 Å². The quantitative estimate of drug-likeness (QED) is 0.835. The number of hydrogen-bond donors (Lipinski definition) is 1. The summed E-state index contributed by atoms with van der Waals surface area (Å²) in [5, 5.41) is 3.01. The number of nitrogens with one attached hydrogen (secondary N) is 1. The molecule has 7 nitrogen and oxygen atoms in total. The standard InChI is InChI=1S/C14H12N2O5/c1-2-11(17)15-10-5-3-9(4-6-10)14(20)21-16-12(18)7-8-13(16)19/h3-8H,2H2,1H3,(H,15,17). The molecular weight excluding hydrogens is 276 g/mol. The van der Waals surface area contributed by atoms with Gasteiger partial charge in [-0.1, -0.05) is 12.0 Å². The lowest BCUT2D eigenvalue weighted by atomic mass is 10.2. The molecule has 3 amide bonds. The second kappa shape index (κ2) is 6.00. The Morgan fingerprint density at radius 2 is 1.67 bits per heavy atom. The zero-order valence-electron chi connectivity index (χ0n) is 11.2. The van der Waals surface area contributed by atoms with E-state index in [2.05, 4.69) is 5.32 Å². The van der Waals surface area contributed by atoms with E-state index in [0.29, 0.717) is 17.2 Å². The van der Waals surface area contributed by atoms with Gasteiger partial charge in [0.05, 0.1) is 5.56 Å². The van der Waals surface area contributed by atoms with Gasteiger partial charge < -0.3 is 10.2 Å². The van der Waals surface area contributed by atoms with Gasteiger partial charge in [0.25, 0.3) is 11.8 Å². The Hall–Kier alpha value is -2.96. The van der Waals surface area contributed by atoms with Crippen LogP contribution in [0.25, 0.3) is 0 Å². The van der Waals surface area contributed by atoms with Gasteiger partial charge in [0.1, 0.15) is 0 Å². The molecule has 0 unspecified atom stereocenters. The molecule has 1 aliphatic heterocycles. The molecule has 0 fully saturated rings. The van der Waals surface area contributed by atoms with E-state index in [9.17, 15) is 19.2 Å². The van der Waals surface area contributed by atoms with Crippen LogP contribution < -0.4 is 5.32 Å². The van der Waals surface area contributed by atoms with Crippen molar-refractivity contribution in [2.75, 3.05) is 5.32 Å². The van der Waals surface area contributed by atoms with Crippen LogP contribution in [0.2, 0.25) is 0 Å². The first-order chi connectivity index (χ1) is 10.0. The van der Waals surface area contributed by atoms with Crippen LogP contribution in [-0.4, -0.2) is 28.8 Å². The zero-order valence-corrected chi connectivity index (χ0v) is 11.2. The second-order valence-electron chi connectivity index (χ2n) is 4.16. The van der Waals surface area contributed by atoms with Crippen molar-refractivity contribution in [3.8, 4) is 0 Å². The zero-order chi connectivity index (χ0) is 15.4. The maximum Gasteiger partial charge on any atom is 0.363 e. The molecule has 0 radical (unpaired) electrons. The Balaban J connectivity index is 2.02. The van der Waals surface area contributed by atoms with Gasteiger partial charge >= 0.3 is 5.97 Å². The van der Waals surface area contributed by atoms with E-state index in [0.717, 1.165) is 12.2 Å². The van der Waals surface area contributed by atoms with Crippen molar-refractivity contribution in [2.45, 2.75) is 13.3 Å². The molecule has 0 aromatic heterocycles. The Bertz CT molecular complexity index is 615. The minimum absolute atomic E-state index is 0.148. The highest BCUT2D eigenvalue weighted by molar-refractivity contribution is 6.12. The lowest BCUT2D eigenvalue weighted by molar-refractivity contribution is -0.170. The number of rotatable bonds is 4. The van der Waals surface area contributed by atoms with E-state index >= 15 is 0 Å². The van der Waals surface area contributed by atoms with Crippen LogP contribution in [0.5, 0.6) is 0 Å². The average molecular weight is 288 g/mol. The fraction of sp³-hybridized carbons (Fsp3) is 0.143. The van der Waals surface area contributed by atoms with Crippen molar-refractivity contribution >= 4 is 29.4 Å². The molecule has 0 spiro atoms. The summed E-state index contributed by atoms with van der Waals surface area (Å²) < 4.78 is 0. The highest BCUT2D eigenvalue weighted by Gasteiger charge is 2.28. The number of nitrogens with zero attached hydrogens (tertiary/aromatic N) is 1. The predicted octanol–water partition coefficient (Wildman–Crippen LogP) is 1.03. The third kappa shape index (κ3) is 3.33. The Kier molecular flexibility index (Phi) is 4.13. The molecule has 7 heteroatoms. The highest BCUT2D eigenvalue weighted by Crippen LogP contribution is 2.13. The SMILES string of the molecule is CCC(=O)Nc1ccc(C(=O)ON2C(=O)C=CC2=O)cc1. The fourth-order valence-electron chi connectivity index (χ4n) is 1.55. The highest BCUT2D eigenvalue weighted by atomic mass is 16.7. The van der Waals surface area contributed by atoms with E-state index in [4.69, 9.17) is 4.84 Å². The summed E-state index contributed by atoms with van der Waals surface area (Å²) in [4.78, 5) is 50.2. The van der Waals surface area contributed by atoms with Gasteiger partial charge in [-0.3, -0.25) is 14.4 Å². The molecule has 1 heterocycles. The molecule has 1 aromatic carbocycles. The van der Waals surface area contributed by atoms with E-state index in [1.807, 2.05) is 0 Å². The Labute approximate surface area is 120 Å². The van der Waals surface area contributed by atoms with Crippen LogP contribution >= 0.6 is 0 Å². The number of hydrogen-bond acceptors (Lipinski definition) is 5. The molecule has 1 aliphatic rings. The number of anilines is 1. The number of carbonyl (C=O) groups excluding carboxylic acids is 4. The maximum absolute atomic E-state index is 11.8. The molecule has 0 bridgehead atoms. The largest absolute Gasteiger partial charge is 0.363 e. The molecule has 0 saturated carbocycles. The van der Waals surface area contributed by atoms with E-state index in [1.54, 1.807) is 6.92 Å². The number of imide groups is 1. The van der Waals surface area contributed by atoms with Crippen molar-refractivity contribution < 1.29 is 24.0 Å². The number of hydroxylamine groups is 2. The van der Waals surface area contributed by atoms with Crippen molar-refractivity contribution in [3.63, 3.8) is 0 Å². The van der Waals surface area contributed by atoms with Crippen molar-refractivity contribution in [3.05, 3.63) is 42.0 Å². The van der Waals surface area contributed by atoms with Gasteiger partial charge in [0.2, 0.25) is 5.91 Å². The average Bonchev–Trinajstić information content (AvgIpc) is 2.79. The molecule has 108 valence electrons. The van der Waals surface area contributed by atoms with E-state index in [-0.39, 0.29) is 11.5 Å². The van der Waals surface area contributed by atoms with Crippen molar-refractivity contribution in [1.29, 1.82) is 0 Å². The third-order valence-electron chi connectivity index (χ3n) is 2.67. The molecular formula is C14H12N2O5. The van der Waals surface area contributed by atoms with Crippen LogP contribution in [0.4, 0.5) is 5.69 Å². The number of carbonyl (C=O) groups is 4. The minimum Gasteiger partial charge on any atom is -0.326 e. The molecule has 21 heavy (non-hydrogen) atoms. The van der Waals surface area contributed by atoms with Gasteiger partial charge in [0, 0.05) is 24.3 Å². The summed E-state index contributed by atoms with van der Waals surface area (Å²) in [6, 6.07) is 5.89. The number of benzene rings is 1. The van der Waals surface area contributed by atoms with Gasteiger partial charge in [-0.05, 0) is 24.3 Å². The smallest absolute Gasteiger partial charge is 0.326 e. The van der Waals surface area contributed by atoms with Gasteiger partial charge in [-0.2, -0.15) is 0 Å². The summed E-state index contributed by atoms with van der Waals surface area (Å²) >= 11 is 0. The van der Waals surface area contributed by atoms with Gasteiger partial charge in [0.15, 0.2) is 0 Å². The first-order valence-corrected chi connectivity index (χ1v) is 6.19. The summed E-state index contributed by atoms with van der Waals surface area (Å²) in [5.74, 6) is -2.40. The molecule has 0 aliphatic carbocycles. The second-order valence-corrected chi connectivity index (χ2v) is 4.16. The van der Waals surface area contributed by atoms with E-state index in [1.165, 1.54) is 24.3 Å². The number of amides is 3. The van der Waals surface area contributed by atoms with Crippen LogP contribution in [0.15, 0.2) is 36.4 Å². The molecule has 1 aromatic rings. The first-order valence-electron chi connectivity index (χ1n) is 6.19. The van der Waals surface area contributed by atoms with Gasteiger partial charge in [-0.25, -0.2) is 4.79 Å². The normalized spacial score (nSPS) is 13.5. The summed E-state index contributed by atoms with van der Waals surface area (Å²) in [5.41, 5.74) is 0.686. The summed E-state index contributed by atoms with van der Waals surface area (Å²) in [6.45, 7) is 1.72. The third-order valence-corrected chi connectivity index (χ3v) is 2.67. The molecule has 0 saturated heterocycles. The molecule has 0 atom stereocenters. The lowest BCUT2D eigenvalue weighted by Crippen LogP contribution is -2.32. The van der Waals surface area contributed by atoms with Gasteiger partial charge in [-0.15, -0.1) is 0 Å². The van der Waals surface area contributed by atoms with Crippen LogP contribution in [0.3, 0.4) is 0 Å². The van der Waals surface area contributed by atoms with Crippen molar-refractivity contribution in [1.82, 2.24) is 5.06 Å². The molecule has 2 rings (SSSR count). The summed E-state index contributed by atoms with van der Waals surface area (Å²) in [7, 11) is 0. The monoisotopic (exact) mass is 288 g/mol. The topological polar surface area (TPSA) is 92.8 Å². The lowest BCUT2D eigenvalue weighted by Gasteiger charge is -2.12. The van der Waals surface area contributed by atoms with Crippen LogP contribution in [0.1, 0.15) is 23.7 Å².